The number of hydrogen-bond donors (Lipinski definition) is 0. The summed E-state index contributed by atoms with van der Waals surface area (Å²) in [5.74, 6) is -62.5. The Morgan fingerprint density at radius 2 is 0.794 bits per heavy atom. The summed E-state index contributed by atoms with van der Waals surface area (Å²) in [6.45, 7) is 0. The van der Waals surface area contributed by atoms with Gasteiger partial charge in [-0.25, -0.2) is 74.6 Å². The van der Waals surface area contributed by atoms with E-state index in [1.54, 1.807) is 0 Å². The van der Waals surface area contributed by atoms with Crippen LogP contribution in [0.2, 0.25) is 0 Å². The number of rotatable bonds is 6. The van der Waals surface area contributed by atoms with Crippen LogP contribution in [0.1, 0.15) is 11.1 Å². The molecule has 2 nitrogen and oxygen atoms in total. The van der Waals surface area contributed by atoms with Gasteiger partial charge in [0.25, 0.3) is 0 Å². The fourth-order valence-corrected chi connectivity index (χ4v) is 7.09. The molecule has 0 aliphatic heterocycles. The molecule has 0 aromatic heterocycles. The van der Waals surface area contributed by atoms with Crippen molar-refractivity contribution >= 4 is 34.1 Å². The quantitative estimate of drug-likeness (QED) is 0.0544. The van der Waals surface area contributed by atoms with Crippen molar-refractivity contribution in [2.75, 3.05) is 0 Å². The molecule has 0 saturated heterocycles. The Hall–Kier alpha value is -6.75. The fraction of sp³-hybridized carbons (Fsp3) is 0.0256. The third kappa shape index (κ3) is 5.81. The molecule has 0 amide bonds. The molecule has 324 valence electrons. The SMILES string of the molecule is Fc1cc(F)c(F)c(-c2ccccc2B(Oc2c(F)c(F)c(F)c3c2C(F)(F)c2c(F)c(F)c(F)c(F)c2-3)Oc2c(F)c(F)c(F)c3c(F)c4c(F)c(F)c(F)c(F)c4c(F)c23)c1. The van der Waals surface area contributed by atoms with E-state index < -0.39 is 195 Å². The molecule has 0 heterocycles. The van der Waals surface area contributed by atoms with Gasteiger partial charge in [0.15, 0.2) is 92.9 Å². The van der Waals surface area contributed by atoms with Gasteiger partial charge in [-0.1, -0.05) is 24.3 Å². The molecular weight excluding hydrogens is 910 g/mol. The number of hydrogen-bond acceptors (Lipinski definition) is 2. The summed E-state index contributed by atoms with van der Waals surface area (Å²) in [6, 6.07) is 2.77. The van der Waals surface area contributed by atoms with Gasteiger partial charge >= 0.3 is 13.0 Å². The molecule has 63 heavy (non-hydrogen) atoms. The molecule has 0 unspecified atom stereocenters. The first kappa shape index (κ1) is 42.9. The van der Waals surface area contributed by atoms with Crippen molar-refractivity contribution in [3.05, 3.63) is 158 Å². The summed E-state index contributed by atoms with van der Waals surface area (Å²) in [4.78, 5) is 0. The first-order valence-electron chi connectivity index (χ1n) is 16.6. The maximum Gasteiger partial charge on any atom is 0.633 e. The summed E-state index contributed by atoms with van der Waals surface area (Å²) >= 11 is 0. The second-order valence-corrected chi connectivity index (χ2v) is 13.2. The molecule has 7 aromatic rings. The zero-order valence-corrected chi connectivity index (χ0v) is 29.3. The van der Waals surface area contributed by atoms with Crippen molar-refractivity contribution in [3.8, 4) is 33.8 Å². The summed E-state index contributed by atoms with van der Waals surface area (Å²) in [6.07, 6.45) is 0. The predicted molar refractivity (Wildman–Crippen MR) is 174 cm³/mol. The molecular formula is C39H6BF21O2. The number of halogens is 21. The molecule has 0 N–H and O–H groups in total. The largest absolute Gasteiger partial charge is 0.633 e. The highest BCUT2D eigenvalue weighted by molar-refractivity contribution is 6.64. The average molecular weight is 916 g/mol. The monoisotopic (exact) mass is 916 g/mol. The average Bonchev–Trinajstić information content (AvgIpc) is 3.49. The Morgan fingerprint density at radius 3 is 1.38 bits per heavy atom. The highest BCUT2D eigenvalue weighted by atomic mass is 19.3. The first-order valence-corrected chi connectivity index (χ1v) is 16.6. The van der Waals surface area contributed by atoms with Gasteiger partial charge in [-0.3, -0.25) is 0 Å². The van der Waals surface area contributed by atoms with E-state index in [4.69, 9.17) is 9.31 Å². The zero-order valence-electron chi connectivity index (χ0n) is 29.3. The van der Waals surface area contributed by atoms with Crippen molar-refractivity contribution in [3.63, 3.8) is 0 Å². The molecule has 8 rings (SSSR count). The van der Waals surface area contributed by atoms with E-state index in [0.29, 0.717) is 12.1 Å². The van der Waals surface area contributed by atoms with Crippen LogP contribution in [0.4, 0.5) is 92.2 Å². The van der Waals surface area contributed by atoms with E-state index in [1.807, 2.05) is 0 Å². The summed E-state index contributed by atoms with van der Waals surface area (Å²) < 4.78 is 329. The summed E-state index contributed by atoms with van der Waals surface area (Å²) in [5.41, 5.74) is -13.5. The first-order chi connectivity index (χ1) is 29.5. The third-order valence-electron chi connectivity index (χ3n) is 9.80. The van der Waals surface area contributed by atoms with E-state index in [0.717, 1.165) is 12.1 Å². The maximum absolute atomic E-state index is 16.3. The fourth-order valence-electron chi connectivity index (χ4n) is 7.09. The lowest BCUT2D eigenvalue weighted by molar-refractivity contribution is 0.0404. The van der Waals surface area contributed by atoms with Crippen molar-refractivity contribution < 1.29 is 102 Å². The van der Waals surface area contributed by atoms with Gasteiger partial charge in [0, 0.05) is 28.2 Å². The van der Waals surface area contributed by atoms with Crippen molar-refractivity contribution in [1.29, 1.82) is 0 Å². The van der Waals surface area contributed by atoms with Gasteiger partial charge in [-0.2, -0.15) is 17.6 Å². The van der Waals surface area contributed by atoms with Crippen LogP contribution in [-0.4, -0.2) is 7.12 Å². The van der Waals surface area contributed by atoms with E-state index >= 15 is 57.1 Å². The summed E-state index contributed by atoms with van der Waals surface area (Å²) in [7, 11) is -3.51. The lowest BCUT2D eigenvalue weighted by Gasteiger charge is -2.24. The second kappa shape index (κ2) is 14.4. The lowest BCUT2D eigenvalue weighted by Crippen LogP contribution is -2.45. The van der Waals surface area contributed by atoms with Crippen LogP contribution >= 0.6 is 0 Å². The summed E-state index contributed by atoms with van der Waals surface area (Å²) in [5, 5.41) is -9.26. The molecule has 0 fully saturated rings. The highest BCUT2D eigenvalue weighted by Gasteiger charge is 2.56. The Morgan fingerprint density at radius 1 is 0.365 bits per heavy atom. The minimum absolute atomic E-state index is 0.0588. The minimum atomic E-state index is -5.58. The smallest absolute Gasteiger partial charge is 0.519 e. The van der Waals surface area contributed by atoms with Crippen LogP contribution in [0.3, 0.4) is 0 Å². The zero-order chi connectivity index (χ0) is 46.2. The van der Waals surface area contributed by atoms with Crippen molar-refractivity contribution in [2.45, 2.75) is 5.92 Å². The molecule has 0 saturated carbocycles. The molecule has 0 bridgehead atoms. The topological polar surface area (TPSA) is 18.5 Å². The van der Waals surface area contributed by atoms with Crippen molar-refractivity contribution in [1.82, 2.24) is 0 Å². The van der Waals surface area contributed by atoms with Crippen LogP contribution in [-0.2, 0) is 5.92 Å². The Bertz CT molecular complexity index is 3230. The van der Waals surface area contributed by atoms with Gasteiger partial charge in [0.1, 0.15) is 17.5 Å². The van der Waals surface area contributed by atoms with Crippen molar-refractivity contribution in [2.24, 2.45) is 0 Å². The lowest BCUT2D eigenvalue weighted by atomic mass is 9.73. The van der Waals surface area contributed by atoms with Gasteiger partial charge < -0.3 is 9.31 Å². The van der Waals surface area contributed by atoms with Gasteiger partial charge in [0.2, 0.25) is 11.6 Å². The Balaban J connectivity index is 1.49. The van der Waals surface area contributed by atoms with Crippen LogP contribution < -0.4 is 14.8 Å². The molecule has 24 heteroatoms. The molecule has 7 aromatic carbocycles. The van der Waals surface area contributed by atoms with Gasteiger partial charge in [-0.05, 0) is 11.6 Å². The number of fused-ring (bicyclic) bond motifs is 5. The normalized spacial score (nSPS) is 13.0. The van der Waals surface area contributed by atoms with Crippen LogP contribution in [0.15, 0.2) is 36.4 Å². The maximum atomic E-state index is 16.3. The molecule has 0 radical (unpaired) electrons. The highest BCUT2D eigenvalue weighted by Crippen LogP contribution is 2.59. The number of alkyl halides is 2. The standard InChI is InChI=1S/C39H6BF21O2/c41-7-5-9(20(43)11(42)6-7)8-3-1-2-4-10(8)40(63-38-19-13(24(47)32(55)36(38)59)12-18(39(19,60)61)28(51)34(57)29(52)23(12)46)62-37-17-16(27(50)33(56)35(37)58)21(44)14-15(22(17)45)26(49)31(54)30(53)25(14)48/h1-6H. The van der Waals surface area contributed by atoms with Gasteiger partial charge in [0.05, 0.1) is 32.7 Å². The van der Waals surface area contributed by atoms with E-state index in [-0.39, 0.29) is 12.1 Å². The van der Waals surface area contributed by atoms with Gasteiger partial charge in [-0.15, -0.1) is 0 Å². The molecule has 0 spiro atoms. The van der Waals surface area contributed by atoms with E-state index in [1.165, 1.54) is 0 Å². The Kier molecular flexibility index (Phi) is 9.82. The molecule has 0 atom stereocenters. The van der Waals surface area contributed by atoms with Crippen LogP contribution in [0.5, 0.6) is 11.5 Å². The minimum Gasteiger partial charge on any atom is -0.519 e. The third-order valence-corrected chi connectivity index (χ3v) is 9.80. The molecule has 1 aliphatic carbocycles. The van der Waals surface area contributed by atoms with Crippen LogP contribution in [0.25, 0.3) is 43.8 Å². The van der Waals surface area contributed by atoms with E-state index in [9.17, 15) is 35.1 Å². The molecule has 1 aliphatic rings. The number of benzene rings is 7. The van der Waals surface area contributed by atoms with Crippen LogP contribution in [0, 0.1) is 111 Å². The Labute approximate surface area is 333 Å². The second-order valence-electron chi connectivity index (χ2n) is 13.2. The predicted octanol–water partition coefficient (Wildman–Crippen LogP) is 12.3. The van der Waals surface area contributed by atoms with E-state index in [2.05, 4.69) is 0 Å².